The van der Waals surface area contributed by atoms with Crippen LogP contribution in [0, 0.1) is 11.8 Å². The van der Waals surface area contributed by atoms with Crippen LogP contribution in [0.5, 0.6) is 0 Å². The molecule has 20 heavy (non-hydrogen) atoms. The average Bonchev–Trinajstić information content (AvgIpc) is 2.97. The second-order valence-electron chi connectivity index (χ2n) is 6.63. The summed E-state index contributed by atoms with van der Waals surface area (Å²) in [4.78, 5) is 0. The molecule has 2 aliphatic rings. The molecule has 2 fully saturated rings. The first-order valence-corrected chi connectivity index (χ1v) is 9.77. The van der Waals surface area contributed by atoms with Crippen molar-refractivity contribution in [3.8, 4) is 0 Å². The Morgan fingerprint density at radius 3 is 2.85 bits per heavy atom. The highest BCUT2D eigenvalue weighted by atomic mass is 32.2. The van der Waals surface area contributed by atoms with Gasteiger partial charge in [0.1, 0.15) is 0 Å². The highest BCUT2D eigenvalue weighted by Crippen LogP contribution is 2.28. The van der Waals surface area contributed by atoms with E-state index in [9.17, 15) is 4.21 Å². The van der Waals surface area contributed by atoms with Gasteiger partial charge in [0, 0.05) is 40.4 Å². The maximum Gasteiger partial charge on any atom is 0.0510 e. The average molecular weight is 301 g/mol. The predicted molar refractivity (Wildman–Crippen MR) is 85.4 cm³/mol. The smallest absolute Gasteiger partial charge is 0.0510 e. The van der Waals surface area contributed by atoms with Crippen LogP contribution in [-0.4, -0.2) is 41.0 Å². The van der Waals surface area contributed by atoms with Crippen molar-refractivity contribution < 1.29 is 8.95 Å². The Bertz CT molecular complexity index is 305. The highest BCUT2D eigenvalue weighted by Gasteiger charge is 2.30. The van der Waals surface area contributed by atoms with Gasteiger partial charge < -0.3 is 10.1 Å². The molecule has 1 aliphatic heterocycles. The standard InChI is InChI=1S/C16H31NO2S/c1-3-8-17-16(14-7-9-19-11-14)12-20(18)15-6-4-5-13(2)10-15/h13-17H,3-12H2,1-2H3. The van der Waals surface area contributed by atoms with Gasteiger partial charge in [0.25, 0.3) is 0 Å². The molecule has 118 valence electrons. The molecule has 1 aliphatic carbocycles. The van der Waals surface area contributed by atoms with E-state index < -0.39 is 10.8 Å². The van der Waals surface area contributed by atoms with Crippen LogP contribution >= 0.6 is 0 Å². The van der Waals surface area contributed by atoms with Crippen molar-refractivity contribution in [2.45, 2.75) is 63.7 Å². The summed E-state index contributed by atoms with van der Waals surface area (Å²) in [7, 11) is -0.675. The Kier molecular flexibility index (Phi) is 6.99. The molecular weight excluding hydrogens is 270 g/mol. The molecule has 1 saturated heterocycles. The van der Waals surface area contributed by atoms with Crippen molar-refractivity contribution in [1.82, 2.24) is 5.32 Å². The molecule has 5 unspecified atom stereocenters. The Balaban J connectivity index is 1.86. The summed E-state index contributed by atoms with van der Waals surface area (Å²) in [6.07, 6.45) is 7.17. The largest absolute Gasteiger partial charge is 0.381 e. The van der Waals surface area contributed by atoms with Crippen LogP contribution in [0.2, 0.25) is 0 Å². The lowest BCUT2D eigenvalue weighted by atomic mass is 9.91. The van der Waals surface area contributed by atoms with Crippen molar-refractivity contribution >= 4 is 10.8 Å². The number of hydrogen-bond donors (Lipinski definition) is 1. The van der Waals surface area contributed by atoms with Gasteiger partial charge in [0.05, 0.1) is 6.61 Å². The topological polar surface area (TPSA) is 38.3 Å². The Morgan fingerprint density at radius 1 is 1.35 bits per heavy atom. The lowest BCUT2D eigenvalue weighted by molar-refractivity contribution is 0.178. The fourth-order valence-electron chi connectivity index (χ4n) is 3.49. The van der Waals surface area contributed by atoms with Crippen LogP contribution in [0.4, 0.5) is 0 Å². The maximum absolute atomic E-state index is 12.7. The molecule has 1 heterocycles. The summed E-state index contributed by atoms with van der Waals surface area (Å²) < 4.78 is 18.2. The molecule has 0 aromatic carbocycles. The maximum atomic E-state index is 12.7. The third-order valence-electron chi connectivity index (χ3n) is 4.79. The fourth-order valence-corrected chi connectivity index (χ4v) is 5.48. The highest BCUT2D eigenvalue weighted by molar-refractivity contribution is 7.85. The van der Waals surface area contributed by atoms with Gasteiger partial charge >= 0.3 is 0 Å². The second kappa shape index (κ2) is 8.50. The van der Waals surface area contributed by atoms with E-state index in [0.717, 1.165) is 50.7 Å². The van der Waals surface area contributed by atoms with Crippen LogP contribution < -0.4 is 5.32 Å². The molecule has 2 rings (SSSR count). The minimum Gasteiger partial charge on any atom is -0.381 e. The minimum absolute atomic E-state index is 0.385. The lowest BCUT2D eigenvalue weighted by Crippen LogP contribution is -2.43. The van der Waals surface area contributed by atoms with E-state index >= 15 is 0 Å². The first-order valence-electron chi connectivity index (χ1n) is 8.39. The molecule has 0 bridgehead atoms. The molecular formula is C16H31NO2S. The van der Waals surface area contributed by atoms with E-state index in [0.29, 0.717) is 17.2 Å². The number of nitrogens with one attached hydrogen (secondary N) is 1. The van der Waals surface area contributed by atoms with Gasteiger partial charge in [-0.2, -0.15) is 0 Å². The minimum atomic E-state index is -0.675. The van der Waals surface area contributed by atoms with Gasteiger partial charge in [-0.25, -0.2) is 0 Å². The van der Waals surface area contributed by atoms with Gasteiger partial charge in [-0.15, -0.1) is 0 Å². The molecule has 4 heteroatoms. The van der Waals surface area contributed by atoms with E-state index in [1.165, 1.54) is 19.3 Å². The number of ether oxygens (including phenoxy) is 1. The summed E-state index contributed by atoms with van der Waals surface area (Å²) in [6, 6.07) is 0.385. The molecule has 3 nitrogen and oxygen atoms in total. The van der Waals surface area contributed by atoms with Crippen molar-refractivity contribution in [2.24, 2.45) is 11.8 Å². The van der Waals surface area contributed by atoms with Gasteiger partial charge in [0.15, 0.2) is 0 Å². The van der Waals surface area contributed by atoms with Crippen LogP contribution in [0.3, 0.4) is 0 Å². The van der Waals surface area contributed by atoms with Crippen LogP contribution in [-0.2, 0) is 15.5 Å². The quantitative estimate of drug-likeness (QED) is 0.786. The Hall–Kier alpha value is 0.0700. The number of hydrogen-bond acceptors (Lipinski definition) is 3. The van der Waals surface area contributed by atoms with Crippen LogP contribution in [0.15, 0.2) is 0 Å². The summed E-state index contributed by atoms with van der Waals surface area (Å²) in [6.45, 7) is 7.25. The van der Waals surface area contributed by atoms with Crippen molar-refractivity contribution in [3.63, 3.8) is 0 Å². The molecule has 0 radical (unpaired) electrons. The van der Waals surface area contributed by atoms with E-state index in [1.54, 1.807) is 0 Å². The summed E-state index contributed by atoms with van der Waals surface area (Å²) in [5, 5.41) is 4.06. The van der Waals surface area contributed by atoms with Crippen LogP contribution in [0.1, 0.15) is 52.4 Å². The summed E-state index contributed by atoms with van der Waals surface area (Å²) >= 11 is 0. The second-order valence-corrected chi connectivity index (χ2v) is 8.39. The van der Waals surface area contributed by atoms with Crippen molar-refractivity contribution in [1.29, 1.82) is 0 Å². The normalized spacial score (nSPS) is 34.0. The first kappa shape index (κ1) is 16.4. The summed E-state index contributed by atoms with van der Waals surface area (Å²) in [5.74, 6) is 2.15. The SMILES string of the molecule is CCCNC(CS(=O)C1CCCC(C)C1)C1CCOC1. The Morgan fingerprint density at radius 2 is 2.20 bits per heavy atom. The molecule has 0 spiro atoms. The van der Waals surface area contributed by atoms with E-state index in [1.807, 2.05) is 0 Å². The van der Waals surface area contributed by atoms with Crippen molar-refractivity contribution in [2.75, 3.05) is 25.5 Å². The zero-order valence-corrected chi connectivity index (χ0v) is 13.9. The zero-order valence-electron chi connectivity index (χ0n) is 13.1. The Labute approximate surface area is 126 Å². The summed E-state index contributed by atoms with van der Waals surface area (Å²) in [5.41, 5.74) is 0. The third-order valence-corrected chi connectivity index (χ3v) is 6.65. The third kappa shape index (κ3) is 4.81. The first-order chi connectivity index (χ1) is 9.70. The number of rotatable bonds is 7. The fraction of sp³-hybridized carbons (Fsp3) is 1.00. The lowest BCUT2D eigenvalue weighted by Gasteiger charge is -2.29. The molecule has 0 aromatic rings. The van der Waals surface area contributed by atoms with E-state index in [-0.39, 0.29) is 0 Å². The molecule has 1 saturated carbocycles. The molecule has 0 amide bonds. The monoisotopic (exact) mass is 301 g/mol. The van der Waals surface area contributed by atoms with Crippen molar-refractivity contribution in [3.05, 3.63) is 0 Å². The van der Waals surface area contributed by atoms with E-state index in [2.05, 4.69) is 19.2 Å². The predicted octanol–water partition coefficient (Wildman–Crippen LogP) is 2.72. The van der Waals surface area contributed by atoms with Gasteiger partial charge in [-0.05, 0) is 38.1 Å². The van der Waals surface area contributed by atoms with Gasteiger partial charge in [-0.3, -0.25) is 4.21 Å². The zero-order chi connectivity index (χ0) is 14.4. The molecule has 1 N–H and O–H groups in total. The van der Waals surface area contributed by atoms with Gasteiger partial charge in [-0.1, -0.05) is 26.7 Å². The molecule has 0 aromatic heterocycles. The van der Waals surface area contributed by atoms with Gasteiger partial charge in [0.2, 0.25) is 0 Å². The van der Waals surface area contributed by atoms with E-state index in [4.69, 9.17) is 4.74 Å². The molecule has 5 atom stereocenters. The van der Waals surface area contributed by atoms with Crippen LogP contribution in [0.25, 0.3) is 0 Å².